The Hall–Kier alpha value is -1.63. The van der Waals surface area contributed by atoms with Crippen molar-refractivity contribution >= 4 is 28.8 Å². The van der Waals surface area contributed by atoms with Gasteiger partial charge in [0.25, 0.3) is 0 Å². The summed E-state index contributed by atoms with van der Waals surface area (Å²) >= 11 is 1.53. The standard InChI is InChI=1S/C13H22N4O2S/c1-6-17(7-2)11-14-8-10(20-11)9-15-16-12(18)19-13(3,4)5/h8-9H,6-7H2,1-5H3,(H,16,18)/b15-9+. The van der Waals surface area contributed by atoms with Crippen molar-refractivity contribution in [3.05, 3.63) is 11.1 Å². The number of nitrogens with zero attached hydrogens (tertiary/aromatic N) is 3. The molecule has 1 aromatic heterocycles. The maximum absolute atomic E-state index is 11.4. The largest absolute Gasteiger partial charge is 0.443 e. The third kappa shape index (κ3) is 5.56. The second-order valence-corrected chi connectivity index (χ2v) is 6.13. The van der Waals surface area contributed by atoms with Gasteiger partial charge in [-0.05, 0) is 34.6 Å². The van der Waals surface area contributed by atoms with E-state index in [-0.39, 0.29) is 0 Å². The van der Waals surface area contributed by atoms with Crippen LogP contribution in [0.4, 0.5) is 9.93 Å². The normalized spacial score (nSPS) is 11.7. The zero-order valence-electron chi connectivity index (χ0n) is 12.6. The van der Waals surface area contributed by atoms with Gasteiger partial charge < -0.3 is 9.64 Å². The number of thiazole rings is 1. The van der Waals surface area contributed by atoms with E-state index in [9.17, 15) is 4.79 Å². The number of hydrogen-bond donors (Lipinski definition) is 1. The van der Waals surface area contributed by atoms with Crippen molar-refractivity contribution in [1.29, 1.82) is 0 Å². The summed E-state index contributed by atoms with van der Waals surface area (Å²) in [5, 5.41) is 4.80. The summed E-state index contributed by atoms with van der Waals surface area (Å²) in [6.45, 7) is 11.4. The zero-order valence-corrected chi connectivity index (χ0v) is 13.5. The van der Waals surface area contributed by atoms with E-state index in [4.69, 9.17) is 4.74 Å². The molecule has 6 nitrogen and oxygen atoms in total. The molecule has 0 fully saturated rings. The molecule has 0 saturated heterocycles. The Labute approximate surface area is 123 Å². The summed E-state index contributed by atoms with van der Waals surface area (Å²) in [5.74, 6) is 0. The lowest BCUT2D eigenvalue weighted by atomic mass is 10.2. The number of aromatic nitrogens is 1. The van der Waals surface area contributed by atoms with E-state index in [1.807, 2.05) is 0 Å². The number of hydrazone groups is 1. The smallest absolute Gasteiger partial charge is 0.428 e. The van der Waals surface area contributed by atoms with Gasteiger partial charge in [0.15, 0.2) is 5.13 Å². The molecule has 0 unspecified atom stereocenters. The zero-order chi connectivity index (χ0) is 15.2. The molecule has 20 heavy (non-hydrogen) atoms. The van der Waals surface area contributed by atoms with Gasteiger partial charge in [0.05, 0.1) is 11.1 Å². The molecule has 7 heteroatoms. The Morgan fingerprint density at radius 2 is 2.15 bits per heavy atom. The van der Waals surface area contributed by atoms with E-state index in [1.165, 1.54) is 11.3 Å². The van der Waals surface area contributed by atoms with E-state index in [2.05, 4.69) is 34.3 Å². The molecule has 0 aliphatic carbocycles. The second kappa shape index (κ2) is 7.23. The van der Waals surface area contributed by atoms with Crippen molar-refractivity contribution in [1.82, 2.24) is 10.4 Å². The van der Waals surface area contributed by atoms with Crippen LogP contribution in [-0.2, 0) is 4.74 Å². The number of carbonyl (C=O) groups is 1. The van der Waals surface area contributed by atoms with Gasteiger partial charge in [-0.15, -0.1) is 0 Å². The topological polar surface area (TPSA) is 66.8 Å². The monoisotopic (exact) mass is 298 g/mol. The van der Waals surface area contributed by atoms with Gasteiger partial charge in [0.1, 0.15) is 5.60 Å². The fourth-order valence-electron chi connectivity index (χ4n) is 1.43. The lowest BCUT2D eigenvalue weighted by Crippen LogP contribution is -2.29. The van der Waals surface area contributed by atoms with Crippen LogP contribution in [0.3, 0.4) is 0 Å². The molecule has 112 valence electrons. The molecule has 0 aromatic carbocycles. The van der Waals surface area contributed by atoms with Crippen LogP contribution < -0.4 is 10.3 Å². The van der Waals surface area contributed by atoms with Gasteiger partial charge in [-0.1, -0.05) is 11.3 Å². The predicted octanol–water partition coefficient (Wildman–Crippen LogP) is 2.85. The van der Waals surface area contributed by atoms with Crippen molar-refractivity contribution in [2.24, 2.45) is 5.10 Å². The molecular weight excluding hydrogens is 276 g/mol. The highest BCUT2D eigenvalue weighted by Crippen LogP contribution is 2.20. The number of nitrogens with one attached hydrogen (secondary N) is 1. The van der Waals surface area contributed by atoms with Crippen molar-refractivity contribution < 1.29 is 9.53 Å². The van der Waals surface area contributed by atoms with Crippen molar-refractivity contribution in [3.63, 3.8) is 0 Å². The third-order valence-corrected chi connectivity index (χ3v) is 3.28. The van der Waals surface area contributed by atoms with E-state index < -0.39 is 11.7 Å². The van der Waals surface area contributed by atoms with E-state index in [0.717, 1.165) is 23.1 Å². The summed E-state index contributed by atoms with van der Waals surface area (Å²) in [7, 11) is 0. The van der Waals surface area contributed by atoms with Crippen LogP contribution in [0.25, 0.3) is 0 Å². The molecule has 1 heterocycles. The first-order valence-electron chi connectivity index (χ1n) is 6.58. The lowest BCUT2D eigenvalue weighted by molar-refractivity contribution is 0.0529. The first kappa shape index (κ1) is 16.4. The van der Waals surface area contributed by atoms with Crippen molar-refractivity contribution in [2.45, 2.75) is 40.2 Å². The molecule has 0 spiro atoms. The highest BCUT2D eigenvalue weighted by Gasteiger charge is 2.15. The lowest BCUT2D eigenvalue weighted by Gasteiger charge is -2.18. The fourth-order valence-corrected chi connectivity index (χ4v) is 2.34. The Balaban J connectivity index is 2.53. The van der Waals surface area contributed by atoms with E-state index in [0.29, 0.717) is 0 Å². The third-order valence-electron chi connectivity index (χ3n) is 2.29. The maximum Gasteiger partial charge on any atom is 0.428 e. The minimum absolute atomic E-state index is 0.528. The highest BCUT2D eigenvalue weighted by molar-refractivity contribution is 7.17. The first-order chi connectivity index (χ1) is 9.35. The van der Waals surface area contributed by atoms with E-state index in [1.54, 1.807) is 33.2 Å². The van der Waals surface area contributed by atoms with Crippen LogP contribution in [0, 0.1) is 0 Å². The predicted molar refractivity (Wildman–Crippen MR) is 82.6 cm³/mol. The molecule has 1 N–H and O–H groups in total. The molecule has 0 atom stereocenters. The Morgan fingerprint density at radius 3 is 2.70 bits per heavy atom. The maximum atomic E-state index is 11.4. The minimum atomic E-state index is -0.567. The molecule has 1 rings (SSSR count). The number of ether oxygens (including phenoxy) is 1. The van der Waals surface area contributed by atoms with Crippen molar-refractivity contribution in [2.75, 3.05) is 18.0 Å². The van der Waals surface area contributed by atoms with Crippen LogP contribution in [0.15, 0.2) is 11.3 Å². The molecule has 0 bridgehead atoms. The minimum Gasteiger partial charge on any atom is -0.443 e. The molecule has 0 saturated carbocycles. The summed E-state index contributed by atoms with van der Waals surface area (Å²) in [5.41, 5.74) is 1.80. The second-order valence-electron chi connectivity index (χ2n) is 5.09. The van der Waals surface area contributed by atoms with Crippen LogP contribution in [0.1, 0.15) is 39.5 Å². The van der Waals surface area contributed by atoms with Gasteiger partial charge in [-0.3, -0.25) is 0 Å². The number of amides is 1. The number of anilines is 1. The fraction of sp³-hybridized carbons (Fsp3) is 0.615. The number of rotatable bonds is 5. The molecule has 0 aliphatic rings. The van der Waals surface area contributed by atoms with Crippen LogP contribution in [-0.4, -0.2) is 36.0 Å². The molecule has 0 aliphatic heterocycles. The van der Waals surface area contributed by atoms with Gasteiger partial charge >= 0.3 is 6.09 Å². The van der Waals surface area contributed by atoms with Gasteiger partial charge in [-0.2, -0.15) is 5.10 Å². The molecule has 1 aromatic rings. The summed E-state index contributed by atoms with van der Waals surface area (Å²) in [6.07, 6.45) is 2.73. The average molecular weight is 298 g/mol. The first-order valence-corrected chi connectivity index (χ1v) is 7.40. The van der Waals surface area contributed by atoms with Crippen molar-refractivity contribution in [3.8, 4) is 0 Å². The molecule has 1 amide bonds. The molecule has 0 radical (unpaired) electrons. The molecular formula is C13H22N4O2S. The van der Waals surface area contributed by atoms with Crippen LogP contribution >= 0.6 is 11.3 Å². The van der Waals surface area contributed by atoms with Crippen LogP contribution in [0.5, 0.6) is 0 Å². The van der Waals surface area contributed by atoms with Gasteiger partial charge in [0, 0.05) is 19.3 Å². The SMILES string of the molecule is CCN(CC)c1ncc(/C=N/NC(=O)OC(C)(C)C)s1. The summed E-state index contributed by atoms with van der Waals surface area (Å²) < 4.78 is 5.07. The quantitative estimate of drug-likeness (QED) is 0.670. The van der Waals surface area contributed by atoms with Gasteiger partial charge in [0.2, 0.25) is 0 Å². The Kier molecular flexibility index (Phi) is 5.94. The Bertz CT molecular complexity index is 461. The summed E-state index contributed by atoms with van der Waals surface area (Å²) in [6, 6.07) is 0. The average Bonchev–Trinajstić information content (AvgIpc) is 2.77. The summed E-state index contributed by atoms with van der Waals surface area (Å²) in [4.78, 5) is 18.7. The highest BCUT2D eigenvalue weighted by atomic mass is 32.1. The van der Waals surface area contributed by atoms with Gasteiger partial charge in [-0.25, -0.2) is 15.2 Å². The Morgan fingerprint density at radius 1 is 1.50 bits per heavy atom. The van der Waals surface area contributed by atoms with E-state index >= 15 is 0 Å². The number of hydrogen-bond acceptors (Lipinski definition) is 6. The van der Waals surface area contributed by atoms with Crippen LogP contribution in [0.2, 0.25) is 0 Å². The number of carbonyl (C=O) groups excluding carboxylic acids is 1.